The largest absolute Gasteiger partial charge is 0.452 e. The third-order valence-electron chi connectivity index (χ3n) is 2.28. The summed E-state index contributed by atoms with van der Waals surface area (Å²) in [6.45, 7) is 1.86. The zero-order valence-electron chi connectivity index (χ0n) is 9.21. The second-order valence-corrected chi connectivity index (χ2v) is 4.15. The van der Waals surface area contributed by atoms with Crippen LogP contribution in [0.2, 0.25) is 5.02 Å². The van der Waals surface area contributed by atoms with Crippen LogP contribution in [0.15, 0.2) is 36.4 Å². The highest BCUT2D eigenvalue weighted by Gasteiger charge is 2.07. The average Bonchev–Trinajstić information content (AvgIpc) is 2.27. The number of nitrogens with two attached hydrogens (primary N) is 1. The van der Waals surface area contributed by atoms with E-state index in [2.05, 4.69) is 0 Å². The van der Waals surface area contributed by atoms with Crippen LogP contribution in [-0.2, 0) is 0 Å². The molecule has 0 aliphatic heterocycles. The highest BCUT2D eigenvalue weighted by Crippen LogP contribution is 2.31. The number of benzene rings is 2. The Bertz CT molecular complexity index is 557. The van der Waals surface area contributed by atoms with E-state index < -0.39 is 5.82 Å². The quantitative estimate of drug-likeness (QED) is 0.814. The predicted molar refractivity (Wildman–Crippen MR) is 67.1 cm³/mol. The molecule has 2 nitrogen and oxygen atoms in total. The van der Waals surface area contributed by atoms with Gasteiger partial charge in [-0.2, -0.15) is 0 Å². The molecular formula is C13H11ClFNO. The van der Waals surface area contributed by atoms with Gasteiger partial charge in [-0.15, -0.1) is 0 Å². The fourth-order valence-electron chi connectivity index (χ4n) is 1.42. The van der Waals surface area contributed by atoms with Crippen molar-refractivity contribution in [1.82, 2.24) is 0 Å². The Morgan fingerprint density at radius 3 is 2.59 bits per heavy atom. The highest BCUT2D eigenvalue weighted by atomic mass is 35.5. The van der Waals surface area contributed by atoms with Crippen LogP contribution in [0.5, 0.6) is 11.5 Å². The van der Waals surface area contributed by atoms with Crippen molar-refractivity contribution in [3.05, 3.63) is 52.8 Å². The molecule has 2 rings (SSSR count). The van der Waals surface area contributed by atoms with Crippen molar-refractivity contribution in [2.24, 2.45) is 0 Å². The number of ether oxygens (including phenoxy) is 1. The Morgan fingerprint density at radius 1 is 1.12 bits per heavy atom. The molecule has 0 saturated carbocycles. The van der Waals surface area contributed by atoms with Gasteiger partial charge in [0.1, 0.15) is 0 Å². The first-order chi connectivity index (χ1) is 8.06. The summed E-state index contributed by atoms with van der Waals surface area (Å²) >= 11 is 5.77. The molecule has 2 N–H and O–H groups in total. The summed E-state index contributed by atoms with van der Waals surface area (Å²) in [5.74, 6) is 0.114. The lowest BCUT2D eigenvalue weighted by Crippen LogP contribution is -1.94. The number of hydrogen-bond acceptors (Lipinski definition) is 2. The molecule has 0 aromatic heterocycles. The van der Waals surface area contributed by atoms with Gasteiger partial charge in [-0.05, 0) is 42.8 Å². The minimum Gasteiger partial charge on any atom is -0.452 e. The number of aryl methyl sites for hydroxylation is 1. The molecule has 0 saturated heterocycles. The molecule has 0 atom stereocenters. The SMILES string of the molecule is Cc1ccc(F)c(Oc2ccc(Cl)cc2N)c1. The zero-order chi connectivity index (χ0) is 12.4. The van der Waals surface area contributed by atoms with E-state index in [1.165, 1.54) is 6.07 Å². The Kier molecular flexibility index (Phi) is 3.20. The van der Waals surface area contributed by atoms with E-state index in [1.54, 1.807) is 30.3 Å². The van der Waals surface area contributed by atoms with Crippen LogP contribution in [-0.4, -0.2) is 0 Å². The maximum Gasteiger partial charge on any atom is 0.165 e. The van der Waals surface area contributed by atoms with Gasteiger partial charge in [-0.3, -0.25) is 0 Å². The molecule has 0 aliphatic rings. The molecule has 0 unspecified atom stereocenters. The summed E-state index contributed by atoms with van der Waals surface area (Å²) in [5, 5.41) is 0.513. The van der Waals surface area contributed by atoms with E-state index in [9.17, 15) is 4.39 Å². The van der Waals surface area contributed by atoms with Crippen molar-refractivity contribution in [2.45, 2.75) is 6.92 Å². The smallest absolute Gasteiger partial charge is 0.165 e. The molecule has 0 amide bonds. The Balaban J connectivity index is 2.34. The molecule has 0 fully saturated rings. The number of anilines is 1. The highest BCUT2D eigenvalue weighted by molar-refractivity contribution is 6.30. The third-order valence-corrected chi connectivity index (χ3v) is 2.51. The van der Waals surface area contributed by atoms with Crippen molar-refractivity contribution in [1.29, 1.82) is 0 Å². The van der Waals surface area contributed by atoms with Crippen molar-refractivity contribution < 1.29 is 9.13 Å². The molecular weight excluding hydrogens is 241 g/mol. The van der Waals surface area contributed by atoms with Gasteiger partial charge in [-0.25, -0.2) is 4.39 Å². The third kappa shape index (κ3) is 2.68. The van der Waals surface area contributed by atoms with E-state index >= 15 is 0 Å². The Hall–Kier alpha value is -1.74. The van der Waals surface area contributed by atoms with Gasteiger partial charge in [0.25, 0.3) is 0 Å². The van der Waals surface area contributed by atoms with Crippen molar-refractivity contribution >= 4 is 17.3 Å². The van der Waals surface area contributed by atoms with E-state index in [4.69, 9.17) is 22.1 Å². The maximum absolute atomic E-state index is 13.5. The number of rotatable bonds is 2. The van der Waals surface area contributed by atoms with Gasteiger partial charge < -0.3 is 10.5 Å². The average molecular weight is 252 g/mol. The van der Waals surface area contributed by atoms with Crippen molar-refractivity contribution in [3.8, 4) is 11.5 Å². The zero-order valence-corrected chi connectivity index (χ0v) is 9.96. The van der Waals surface area contributed by atoms with Crippen molar-refractivity contribution in [2.75, 3.05) is 5.73 Å². The summed E-state index contributed by atoms with van der Waals surface area (Å²) in [6.07, 6.45) is 0. The minimum atomic E-state index is -0.426. The fraction of sp³-hybridized carbons (Fsp3) is 0.0769. The second kappa shape index (κ2) is 4.63. The molecule has 0 heterocycles. The van der Waals surface area contributed by atoms with Gasteiger partial charge in [0.05, 0.1) is 5.69 Å². The van der Waals surface area contributed by atoms with Crippen molar-refractivity contribution in [3.63, 3.8) is 0 Å². The molecule has 0 bridgehead atoms. The van der Waals surface area contributed by atoms with Gasteiger partial charge >= 0.3 is 0 Å². The number of hydrogen-bond donors (Lipinski definition) is 1. The van der Waals surface area contributed by atoms with Crippen LogP contribution in [0.4, 0.5) is 10.1 Å². The molecule has 17 heavy (non-hydrogen) atoms. The van der Waals surface area contributed by atoms with E-state index in [0.717, 1.165) is 5.56 Å². The normalized spacial score (nSPS) is 10.3. The second-order valence-electron chi connectivity index (χ2n) is 3.72. The van der Waals surface area contributed by atoms with Crippen LogP contribution in [0.25, 0.3) is 0 Å². The molecule has 2 aromatic carbocycles. The van der Waals surface area contributed by atoms with Crippen LogP contribution in [0, 0.1) is 12.7 Å². The summed E-state index contributed by atoms with van der Waals surface area (Å²) in [6, 6.07) is 9.46. The molecule has 2 aromatic rings. The Labute approximate surface area is 104 Å². The van der Waals surface area contributed by atoms with E-state index in [0.29, 0.717) is 16.5 Å². The van der Waals surface area contributed by atoms with Crippen LogP contribution >= 0.6 is 11.6 Å². The summed E-state index contributed by atoms with van der Waals surface area (Å²) < 4.78 is 18.9. The summed E-state index contributed by atoms with van der Waals surface area (Å²) in [5.41, 5.74) is 7.01. The van der Waals surface area contributed by atoms with E-state index in [1.807, 2.05) is 6.92 Å². The van der Waals surface area contributed by atoms with Gasteiger partial charge in [0.15, 0.2) is 17.3 Å². The van der Waals surface area contributed by atoms with Crippen LogP contribution < -0.4 is 10.5 Å². The van der Waals surface area contributed by atoms with E-state index in [-0.39, 0.29) is 5.75 Å². The van der Waals surface area contributed by atoms with Gasteiger partial charge in [0, 0.05) is 5.02 Å². The fourth-order valence-corrected chi connectivity index (χ4v) is 1.60. The predicted octanol–water partition coefficient (Wildman–Crippen LogP) is 4.16. The number of halogens is 2. The van der Waals surface area contributed by atoms with Gasteiger partial charge in [-0.1, -0.05) is 17.7 Å². The molecule has 0 radical (unpaired) electrons. The lowest BCUT2D eigenvalue weighted by molar-refractivity contribution is 0.443. The monoisotopic (exact) mass is 251 g/mol. The number of nitrogen functional groups attached to an aromatic ring is 1. The first-order valence-corrected chi connectivity index (χ1v) is 5.43. The first-order valence-electron chi connectivity index (χ1n) is 5.05. The van der Waals surface area contributed by atoms with Crippen LogP contribution in [0.1, 0.15) is 5.56 Å². The first kappa shape index (κ1) is 11.7. The molecule has 0 spiro atoms. The summed E-state index contributed by atoms with van der Waals surface area (Å²) in [4.78, 5) is 0. The van der Waals surface area contributed by atoms with Gasteiger partial charge in [0.2, 0.25) is 0 Å². The molecule has 88 valence electrons. The lowest BCUT2D eigenvalue weighted by Gasteiger charge is -2.10. The maximum atomic E-state index is 13.5. The lowest BCUT2D eigenvalue weighted by atomic mass is 10.2. The Morgan fingerprint density at radius 2 is 1.88 bits per heavy atom. The minimum absolute atomic E-state index is 0.152. The standard InChI is InChI=1S/C13H11ClFNO/c1-8-2-4-10(15)13(6-8)17-12-5-3-9(14)7-11(12)16/h2-7H,16H2,1H3. The summed E-state index contributed by atoms with van der Waals surface area (Å²) in [7, 11) is 0. The molecule has 0 aliphatic carbocycles. The topological polar surface area (TPSA) is 35.2 Å². The molecule has 4 heteroatoms. The van der Waals surface area contributed by atoms with Crippen LogP contribution in [0.3, 0.4) is 0 Å².